The van der Waals surface area contributed by atoms with Gasteiger partial charge in [-0.1, -0.05) is 48.0 Å². The van der Waals surface area contributed by atoms with Gasteiger partial charge in [0.2, 0.25) is 0 Å². The Kier molecular flexibility index (Phi) is 4.59. The molecular weight excluding hydrogens is 282 g/mol. The van der Waals surface area contributed by atoms with Crippen molar-refractivity contribution in [3.05, 3.63) is 70.8 Å². The zero-order valence-corrected chi connectivity index (χ0v) is 12.6. The first kappa shape index (κ1) is 14.2. The molecule has 3 rings (SSSR count). The van der Waals surface area contributed by atoms with Crippen molar-refractivity contribution in [2.45, 2.75) is 13.0 Å². The Morgan fingerprint density at radius 3 is 2.57 bits per heavy atom. The van der Waals surface area contributed by atoms with Crippen molar-refractivity contribution in [1.29, 1.82) is 0 Å². The SMILES string of the molecule is Clc1ccccc1COc1ccc(C2=CCNCC2)cc1. The Hall–Kier alpha value is -1.77. The van der Waals surface area contributed by atoms with Crippen molar-refractivity contribution >= 4 is 17.2 Å². The summed E-state index contributed by atoms with van der Waals surface area (Å²) in [7, 11) is 0. The molecule has 1 aliphatic heterocycles. The van der Waals surface area contributed by atoms with Crippen molar-refractivity contribution in [3.8, 4) is 5.75 Å². The van der Waals surface area contributed by atoms with Gasteiger partial charge in [-0.25, -0.2) is 0 Å². The molecule has 2 nitrogen and oxygen atoms in total. The summed E-state index contributed by atoms with van der Waals surface area (Å²) in [5.41, 5.74) is 3.69. The molecule has 0 aliphatic carbocycles. The molecule has 0 bridgehead atoms. The topological polar surface area (TPSA) is 21.3 Å². The molecule has 0 saturated carbocycles. The quantitative estimate of drug-likeness (QED) is 0.909. The van der Waals surface area contributed by atoms with Crippen LogP contribution in [0.2, 0.25) is 5.02 Å². The number of hydrogen-bond acceptors (Lipinski definition) is 2. The number of benzene rings is 2. The number of rotatable bonds is 4. The van der Waals surface area contributed by atoms with Gasteiger partial charge in [0.05, 0.1) is 0 Å². The molecular formula is C18H18ClNO. The normalized spacial score (nSPS) is 14.6. The Morgan fingerprint density at radius 2 is 1.86 bits per heavy atom. The molecule has 0 spiro atoms. The minimum atomic E-state index is 0.492. The lowest BCUT2D eigenvalue weighted by atomic mass is 10.0. The fraction of sp³-hybridized carbons (Fsp3) is 0.222. The molecule has 108 valence electrons. The van der Waals surface area contributed by atoms with E-state index in [0.717, 1.165) is 35.8 Å². The standard InChI is InChI=1S/C18H18ClNO/c19-18-4-2-1-3-16(18)13-21-17-7-5-14(6-8-17)15-9-11-20-12-10-15/h1-9,20H,10-13H2. The second-order valence-corrected chi connectivity index (χ2v) is 5.50. The minimum Gasteiger partial charge on any atom is -0.489 e. The highest BCUT2D eigenvalue weighted by atomic mass is 35.5. The molecule has 1 heterocycles. The third-order valence-electron chi connectivity index (χ3n) is 3.64. The molecule has 3 heteroatoms. The van der Waals surface area contributed by atoms with Crippen LogP contribution >= 0.6 is 11.6 Å². The molecule has 21 heavy (non-hydrogen) atoms. The lowest BCUT2D eigenvalue weighted by Gasteiger charge is -2.14. The first-order valence-corrected chi connectivity index (χ1v) is 7.57. The second-order valence-electron chi connectivity index (χ2n) is 5.09. The summed E-state index contributed by atoms with van der Waals surface area (Å²) in [6.45, 7) is 2.50. The highest BCUT2D eigenvalue weighted by molar-refractivity contribution is 6.31. The second kappa shape index (κ2) is 6.79. The van der Waals surface area contributed by atoms with Crippen LogP contribution in [0, 0.1) is 0 Å². The number of nitrogens with one attached hydrogen (secondary N) is 1. The van der Waals surface area contributed by atoms with E-state index in [0.29, 0.717) is 6.61 Å². The van der Waals surface area contributed by atoms with E-state index >= 15 is 0 Å². The maximum atomic E-state index is 6.12. The molecule has 0 unspecified atom stereocenters. The molecule has 1 aliphatic rings. The zero-order chi connectivity index (χ0) is 14.5. The first-order valence-electron chi connectivity index (χ1n) is 7.19. The summed E-state index contributed by atoms with van der Waals surface area (Å²) in [4.78, 5) is 0. The summed E-state index contributed by atoms with van der Waals surface area (Å²) in [6.07, 6.45) is 3.34. The van der Waals surface area contributed by atoms with Gasteiger partial charge in [0.1, 0.15) is 12.4 Å². The molecule has 2 aromatic carbocycles. The van der Waals surface area contributed by atoms with E-state index in [2.05, 4.69) is 23.5 Å². The minimum absolute atomic E-state index is 0.492. The van der Waals surface area contributed by atoms with Crippen molar-refractivity contribution < 1.29 is 4.74 Å². The van der Waals surface area contributed by atoms with E-state index in [1.54, 1.807) is 0 Å². The Morgan fingerprint density at radius 1 is 1.05 bits per heavy atom. The highest BCUT2D eigenvalue weighted by Gasteiger charge is 2.06. The van der Waals surface area contributed by atoms with Crippen LogP contribution in [0.5, 0.6) is 5.75 Å². The summed E-state index contributed by atoms with van der Waals surface area (Å²) >= 11 is 6.12. The van der Waals surface area contributed by atoms with Gasteiger partial charge < -0.3 is 10.1 Å². The average Bonchev–Trinajstić information content (AvgIpc) is 2.55. The van der Waals surface area contributed by atoms with Crippen LogP contribution in [-0.2, 0) is 6.61 Å². The van der Waals surface area contributed by atoms with Crippen LogP contribution in [-0.4, -0.2) is 13.1 Å². The molecule has 0 radical (unpaired) electrons. The Balaban J connectivity index is 1.65. The average molecular weight is 300 g/mol. The van der Waals surface area contributed by atoms with Gasteiger partial charge in [0.15, 0.2) is 0 Å². The molecule has 0 saturated heterocycles. The van der Waals surface area contributed by atoms with Gasteiger partial charge in [0.25, 0.3) is 0 Å². The summed E-state index contributed by atoms with van der Waals surface area (Å²) in [5.74, 6) is 0.869. The van der Waals surface area contributed by atoms with Crippen molar-refractivity contribution in [2.75, 3.05) is 13.1 Å². The molecule has 0 atom stereocenters. The van der Waals surface area contributed by atoms with E-state index in [9.17, 15) is 0 Å². The first-order chi connectivity index (χ1) is 10.3. The Labute approximate surface area is 130 Å². The van der Waals surface area contributed by atoms with Crippen molar-refractivity contribution in [2.24, 2.45) is 0 Å². The summed E-state index contributed by atoms with van der Waals surface area (Å²) < 4.78 is 5.80. The van der Waals surface area contributed by atoms with E-state index in [1.807, 2.05) is 36.4 Å². The van der Waals surface area contributed by atoms with Gasteiger partial charge in [-0.2, -0.15) is 0 Å². The van der Waals surface area contributed by atoms with Crippen LogP contribution < -0.4 is 10.1 Å². The van der Waals surface area contributed by atoms with E-state index in [4.69, 9.17) is 16.3 Å². The third-order valence-corrected chi connectivity index (χ3v) is 4.01. The fourth-order valence-corrected chi connectivity index (χ4v) is 2.62. The fourth-order valence-electron chi connectivity index (χ4n) is 2.43. The predicted molar refractivity (Wildman–Crippen MR) is 87.7 cm³/mol. The van der Waals surface area contributed by atoms with Gasteiger partial charge in [0, 0.05) is 17.1 Å². The van der Waals surface area contributed by atoms with Crippen molar-refractivity contribution in [1.82, 2.24) is 5.32 Å². The molecule has 2 aromatic rings. The van der Waals surface area contributed by atoms with Crippen LogP contribution in [0.25, 0.3) is 5.57 Å². The largest absolute Gasteiger partial charge is 0.489 e. The zero-order valence-electron chi connectivity index (χ0n) is 11.8. The summed E-state index contributed by atoms with van der Waals surface area (Å²) in [6, 6.07) is 16.1. The van der Waals surface area contributed by atoms with E-state index < -0.39 is 0 Å². The van der Waals surface area contributed by atoms with Crippen LogP contribution in [0.3, 0.4) is 0 Å². The van der Waals surface area contributed by atoms with Gasteiger partial charge >= 0.3 is 0 Å². The number of hydrogen-bond donors (Lipinski definition) is 1. The monoisotopic (exact) mass is 299 g/mol. The lowest BCUT2D eigenvalue weighted by molar-refractivity contribution is 0.306. The van der Waals surface area contributed by atoms with E-state index in [-0.39, 0.29) is 0 Å². The molecule has 0 aromatic heterocycles. The highest BCUT2D eigenvalue weighted by Crippen LogP contribution is 2.23. The van der Waals surface area contributed by atoms with Crippen LogP contribution in [0.4, 0.5) is 0 Å². The third kappa shape index (κ3) is 3.66. The predicted octanol–water partition coefficient (Wildman–Crippen LogP) is 4.30. The van der Waals surface area contributed by atoms with E-state index in [1.165, 1.54) is 11.1 Å². The van der Waals surface area contributed by atoms with Crippen LogP contribution in [0.1, 0.15) is 17.5 Å². The van der Waals surface area contributed by atoms with Gasteiger partial charge in [-0.05, 0) is 42.3 Å². The molecule has 0 fully saturated rings. The number of halogens is 1. The summed E-state index contributed by atoms with van der Waals surface area (Å²) in [5, 5.41) is 4.07. The number of ether oxygens (including phenoxy) is 1. The molecule has 0 amide bonds. The maximum Gasteiger partial charge on any atom is 0.119 e. The van der Waals surface area contributed by atoms with Gasteiger partial charge in [-0.15, -0.1) is 0 Å². The Bertz CT molecular complexity index is 634. The van der Waals surface area contributed by atoms with Gasteiger partial charge in [-0.3, -0.25) is 0 Å². The molecule has 1 N–H and O–H groups in total. The lowest BCUT2D eigenvalue weighted by Crippen LogP contribution is -2.19. The van der Waals surface area contributed by atoms with Crippen molar-refractivity contribution in [3.63, 3.8) is 0 Å². The maximum absolute atomic E-state index is 6.12. The van der Waals surface area contributed by atoms with Crippen LogP contribution in [0.15, 0.2) is 54.6 Å². The smallest absolute Gasteiger partial charge is 0.119 e.